The van der Waals surface area contributed by atoms with Gasteiger partial charge in [0.1, 0.15) is 0 Å². The van der Waals surface area contributed by atoms with E-state index in [1.54, 1.807) is 17.6 Å². The van der Waals surface area contributed by atoms with Crippen LogP contribution in [0.4, 0.5) is 0 Å². The van der Waals surface area contributed by atoms with Crippen LogP contribution in [-0.2, 0) is 11.2 Å². The largest absolute Gasteiger partial charge is 0.356 e. The van der Waals surface area contributed by atoms with Gasteiger partial charge in [0.05, 0.1) is 0 Å². The van der Waals surface area contributed by atoms with E-state index in [0.29, 0.717) is 18.0 Å². The fraction of sp³-hybridized carbons (Fsp3) is 0.529. The number of amides is 2. The molecule has 1 aliphatic carbocycles. The van der Waals surface area contributed by atoms with E-state index in [2.05, 4.69) is 12.2 Å². The monoisotopic (exact) mass is 304 g/mol. The predicted molar refractivity (Wildman–Crippen MR) is 83.5 cm³/mol. The Morgan fingerprint density at radius 3 is 2.45 bits per heavy atom. The minimum Gasteiger partial charge on any atom is -0.356 e. The van der Waals surface area contributed by atoms with Crippen LogP contribution in [0.2, 0.25) is 0 Å². The molecule has 1 aromatic rings. The van der Waals surface area contributed by atoms with Gasteiger partial charge in [-0.3, -0.25) is 14.8 Å². The Hall–Kier alpha value is -1.88. The van der Waals surface area contributed by atoms with Gasteiger partial charge in [0.15, 0.2) is 0 Å². The molecule has 2 rings (SSSR count). The highest BCUT2D eigenvalue weighted by Crippen LogP contribution is 2.24. The van der Waals surface area contributed by atoms with Crippen molar-refractivity contribution in [2.45, 2.75) is 39.0 Å². The maximum Gasteiger partial charge on any atom is 0.274 e. The van der Waals surface area contributed by atoms with Crippen molar-refractivity contribution in [2.75, 3.05) is 6.54 Å². The van der Waals surface area contributed by atoms with E-state index >= 15 is 0 Å². The standard InChI is InChI=1S/C17H24N2O3/c1-12(11-18-16(20)14-4-2-3-5-14)10-13-6-8-15(9-7-13)17(21)19-22/h6-9,12,14,22H,2-5,10-11H2,1H3,(H,18,20)(H,19,21). The average Bonchev–Trinajstić information content (AvgIpc) is 3.07. The van der Waals surface area contributed by atoms with Crippen LogP contribution < -0.4 is 10.8 Å². The number of nitrogens with one attached hydrogen (secondary N) is 2. The predicted octanol–water partition coefficient (Wildman–Crippen LogP) is 2.29. The van der Waals surface area contributed by atoms with E-state index in [0.717, 1.165) is 24.8 Å². The van der Waals surface area contributed by atoms with Crippen molar-refractivity contribution in [3.05, 3.63) is 35.4 Å². The molecule has 1 fully saturated rings. The van der Waals surface area contributed by atoms with Crippen molar-refractivity contribution in [2.24, 2.45) is 11.8 Å². The minimum absolute atomic E-state index is 0.194. The van der Waals surface area contributed by atoms with E-state index in [-0.39, 0.29) is 11.8 Å². The summed E-state index contributed by atoms with van der Waals surface area (Å²) in [5.74, 6) is 0.231. The van der Waals surface area contributed by atoms with E-state index in [4.69, 9.17) is 5.21 Å². The summed E-state index contributed by atoms with van der Waals surface area (Å²) >= 11 is 0. The lowest BCUT2D eigenvalue weighted by Gasteiger charge is -2.15. The molecular weight excluding hydrogens is 280 g/mol. The lowest BCUT2D eigenvalue weighted by molar-refractivity contribution is -0.124. The first-order valence-electron chi connectivity index (χ1n) is 7.91. The van der Waals surface area contributed by atoms with Crippen LogP contribution >= 0.6 is 0 Å². The van der Waals surface area contributed by atoms with Gasteiger partial charge in [-0.25, -0.2) is 5.48 Å². The normalized spacial score (nSPS) is 16.3. The molecule has 0 heterocycles. The number of carbonyl (C=O) groups excluding carboxylic acids is 2. The first-order chi connectivity index (χ1) is 10.6. The molecule has 1 unspecified atom stereocenters. The fourth-order valence-electron chi connectivity index (χ4n) is 2.94. The zero-order chi connectivity index (χ0) is 15.9. The van der Waals surface area contributed by atoms with Gasteiger partial charge >= 0.3 is 0 Å². The van der Waals surface area contributed by atoms with E-state index < -0.39 is 5.91 Å². The van der Waals surface area contributed by atoms with Gasteiger partial charge in [-0.05, 0) is 42.9 Å². The number of rotatable bonds is 6. The summed E-state index contributed by atoms with van der Waals surface area (Å²) in [6, 6.07) is 7.12. The number of hydrogen-bond donors (Lipinski definition) is 3. The van der Waals surface area contributed by atoms with Crippen molar-refractivity contribution >= 4 is 11.8 Å². The number of carbonyl (C=O) groups is 2. The number of benzene rings is 1. The van der Waals surface area contributed by atoms with Crippen LogP contribution in [0, 0.1) is 11.8 Å². The van der Waals surface area contributed by atoms with Crippen molar-refractivity contribution in [1.29, 1.82) is 0 Å². The molecule has 2 amide bonds. The second-order valence-electron chi connectivity index (χ2n) is 6.17. The Kier molecular flexibility index (Phi) is 5.95. The molecule has 0 spiro atoms. The second kappa shape index (κ2) is 7.94. The summed E-state index contributed by atoms with van der Waals surface area (Å²) in [4.78, 5) is 23.2. The third-order valence-electron chi connectivity index (χ3n) is 4.25. The maximum absolute atomic E-state index is 12.0. The van der Waals surface area contributed by atoms with E-state index in [1.165, 1.54) is 12.8 Å². The topological polar surface area (TPSA) is 78.4 Å². The maximum atomic E-state index is 12.0. The Morgan fingerprint density at radius 1 is 1.23 bits per heavy atom. The quantitative estimate of drug-likeness (QED) is 0.557. The van der Waals surface area contributed by atoms with Gasteiger partial charge in [0.2, 0.25) is 5.91 Å². The van der Waals surface area contributed by atoms with Gasteiger partial charge in [-0.1, -0.05) is 31.9 Å². The molecule has 0 bridgehead atoms. The highest BCUT2D eigenvalue weighted by Gasteiger charge is 2.22. The lowest BCUT2D eigenvalue weighted by atomic mass is 9.99. The van der Waals surface area contributed by atoms with Crippen molar-refractivity contribution in [1.82, 2.24) is 10.8 Å². The van der Waals surface area contributed by atoms with Crippen LogP contribution in [0.5, 0.6) is 0 Å². The lowest BCUT2D eigenvalue weighted by Crippen LogP contribution is -2.33. The van der Waals surface area contributed by atoms with Gasteiger partial charge in [-0.2, -0.15) is 0 Å². The fourth-order valence-corrected chi connectivity index (χ4v) is 2.94. The molecule has 3 N–H and O–H groups in total. The summed E-state index contributed by atoms with van der Waals surface area (Å²) in [6.45, 7) is 2.78. The zero-order valence-corrected chi connectivity index (χ0v) is 13.0. The van der Waals surface area contributed by atoms with Crippen molar-refractivity contribution in [3.63, 3.8) is 0 Å². The molecule has 5 heteroatoms. The molecule has 1 saturated carbocycles. The molecule has 1 aliphatic rings. The molecule has 0 radical (unpaired) electrons. The van der Waals surface area contributed by atoms with Crippen LogP contribution in [0.25, 0.3) is 0 Å². The Morgan fingerprint density at radius 2 is 1.86 bits per heavy atom. The third kappa shape index (κ3) is 4.56. The molecule has 22 heavy (non-hydrogen) atoms. The SMILES string of the molecule is CC(CNC(=O)C1CCCC1)Cc1ccc(C(=O)NO)cc1. The van der Waals surface area contributed by atoms with Crippen LogP contribution in [0.15, 0.2) is 24.3 Å². The van der Waals surface area contributed by atoms with Crippen LogP contribution in [0.1, 0.15) is 48.5 Å². The Labute approximate surface area is 131 Å². The van der Waals surface area contributed by atoms with Crippen LogP contribution in [0.3, 0.4) is 0 Å². The van der Waals surface area contributed by atoms with Crippen LogP contribution in [-0.4, -0.2) is 23.6 Å². The molecule has 5 nitrogen and oxygen atoms in total. The molecule has 1 aromatic carbocycles. The number of hydroxylamine groups is 1. The Balaban J connectivity index is 1.77. The Bertz CT molecular complexity index is 507. The molecule has 0 aliphatic heterocycles. The van der Waals surface area contributed by atoms with Gasteiger partial charge < -0.3 is 5.32 Å². The zero-order valence-electron chi connectivity index (χ0n) is 13.0. The summed E-state index contributed by atoms with van der Waals surface area (Å²) < 4.78 is 0. The van der Waals surface area contributed by atoms with Gasteiger partial charge in [0.25, 0.3) is 5.91 Å². The summed E-state index contributed by atoms with van der Waals surface area (Å²) in [7, 11) is 0. The smallest absolute Gasteiger partial charge is 0.274 e. The molecule has 120 valence electrons. The number of hydrogen-bond acceptors (Lipinski definition) is 3. The minimum atomic E-state index is -0.511. The summed E-state index contributed by atoms with van der Waals surface area (Å²) in [5.41, 5.74) is 3.15. The highest BCUT2D eigenvalue weighted by atomic mass is 16.5. The first kappa shape index (κ1) is 16.5. The first-order valence-corrected chi connectivity index (χ1v) is 7.91. The van der Waals surface area contributed by atoms with Gasteiger partial charge in [0, 0.05) is 18.0 Å². The summed E-state index contributed by atoms with van der Waals surface area (Å²) in [6.07, 6.45) is 5.22. The van der Waals surface area contributed by atoms with Gasteiger partial charge in [-0.15, -0.1) is 0 Å². The van der Waals surface area contributed by atoms with E-state index in [1.807, 2.05) is 12.1 Å². The summed E-state index contributed by atoms with van der Waals surface area (Å²) in [5, 5.41) is 11.6. The van der Waals surface area contributed by atoms with Crippen molar-refractivity contribution < 1.29 is 14.8 Å². The third-order valence-corrected chi connectivity index (χ3v) is 4.25. The second-order valence-corrected chi connectivity index (χ2v) is 6.17. The van der Waals surface area contributed by atoms with Crippen molar-refractivity contribution in [3.8, 4) is 0 Å². The average molecular weight is 304 g/mol. The molecule has 1 atom stereocenters. The highest BCUT2D eigenvalue weighted by molar-refractivity contribution is 5.93. The molecular formula is C17H24N2O3. The molecule has 0 saturated heterocycles. The molecule has 0 aromatic heterocycles. The van der Waals surface area contributed by atoms with E-state index in [9.17, 15) is 9.59 Å².